The van der Waals surface area contributed by atoms with E-state index in [1.165, 1.54) is 30.0 Å². The molecule has 3 rings (SSSR count). The van der Waals surface area contributed by atoms with Crippen LogP contribution in [0.5, 0.6) is 0 Å². The van der Waals surface area contributed by atoms with Crippen LogP contribution >= 0.6 is 11.8 Å². The van der Waals surface area contributed by atoms with Gasteiger partial charge in [-0.2, -0.15) is 0 Å². The molecule has 0 aromatic heterocycles. The number of rotatable bonds is 3. The van der Waals surface area contributed by atoms with Crippen LogP contribution in [0.4, 0.5) is 4.39 Å². The lowest BCUT2D eigenvalue weighted by molar-refractivity contribution is 0.0934. The SMILES string of the molecule is Cc1ccc(S(N)(=O)=O)cc1C(=O)NC1CCSc2c(F)cccc21. The topological polar surface area (TPSA) is 89.3 Å². The molecule has 0 bridgehead atoms. The summed E-state index contributed by atoms with van der Waals surface area (Å²) in [7, 11) is -3.90. The molecule has 0 saturated carbocycles. The van der Waals surface area contributed by atoms with Gasteiger partial charge in [0.1, 0.15) is 5.82 Å². The van der Waals surface area contributed by atoms with E-state index in [4.69, 9.17) is 5.14 Å². The van der Waals surface area contributed by atoms with Gasteiger partial charge in [-0.15, -0.1) is 11.8 Å². The summed E-state index contributed by atoms with van der Waals surface area (Å²) in [6.07, 6.45) is 0.667. The zero-order valence-corrected chi connectivity index (χ0v) is 15.1. The lowest BCUT2D eigenvalue weighted by atomic mass is 10.0. The molecule has 0 saturated heterocycles. The van der Waals surface area contributed by atoms with Crippen LogP contribution in [-0.2, 0) is 10.0 Å². The summed E-state index contributed by atoms with van der Waals surface area (Å²) < 4.78 is 37.0. The number of halogens is 1. The maximum atomic E-state index is 13.9. The molecule has 3 N–H and O–H groups in total. The van der Waals surface area contributed by atoms with Crippen LogP contribution in [0.15, 0.2) is 46.2 Å². The second-order valence-corrected chi connectivity index (χ2v) is 8.51. The van der Waals surface area contributed by atoms with Crippen molar-refractivity contribution in [1.82, 2.24) is 5.32 Å². The number of nitrogens with two attached hydrogens (primary N) is 1. The first-order valence-corrected chi connectivity index (χ1v) is 10.2. The van der Waals surface area contributed by atoms with Crippen LogP contribution in [0.3, 0.4) is 0 Å². The van der Waals surface area contributed by atoms with Gasteiger partial charge in [-0.05, 0) is 42.7 Å². The first-order chi connectivity index (χ1) is 11.8. The Hall–Kier alpha value is -1.90. The van der Waals surface area contributed by atoms with Crippen LogP contribution in [-0.4, -0.2) is 20.1 Å². The van der Waals surface area contributed by atoms with Gasteiger partial charge < -0.3 is 5.32 Å². The fourth-order valence-corrected chi connectivity index (χ4v) is 4.48. The molecule has 0 spiro atoms. The Bertz CT molecular complexity index is 945. The number of carbonyl (C=O) groups excluding carboxylic acids is 1. The monoisotopic (exact) mass is 380 g/mol. The molecule has 1 atom stereocenters. The summed E-state index contributed by atoms with van der Waals surface area (Å²) >= 11 is 1.43. The Labute approximate surface area is 149 Å². The predicted octanol–water partition coefficient (Wildman–Crippen LogP) is 2.75. The van der Waals surface area contributed by atoms with Crippen LogP contribution in [0, 0.1) is 12.7 Å². The third kappa shape index (κ3) is 3.70. The third-order valence-electron chi connectivity index (χ3n) is 4.11. The molecular weight excluding hydrogens is 363 g/mol. The van der Waals surface area contributed by atoms with Crippen LogP contribution in [0.1, 0.15) is 33.9 Å². The van der Waals surface area contributed by atoms with Crippen LogP contribution in [0.2, 0.25) is 0 Å². The number of aryl methyl sites for hydroxylation is 1. The van der Waals surface area contributed by atoms with Gasteiger partial charge in [0.25, 0.3) is 5.91 Å². The summed E-state index contributed by atoms with van der Waals surface area (Å²) in [6, 6.07) is 8.66. The van der Waals surface area contributed by atoms with E-state index in [0.29, 0.717) is 22.6 Å². The summed E-state index contributed by atoms with van der Waals surface area (Å²) in [5, 5.41) is 8.02. The molecular formula is C17H17FN2O3S2. The minimum atomic E-state index is -3.90. The predicted molar refractivity (Wildman–Crippen MR) is 94.5 cm³/mol. The Balaban J connectivity index is 1.91. The summed E-state index contributed by atoms with van der Waals surface area (Å²) in [6.45, 7) is 1.71. The van der Waals surface area contributed by atoms with E-state index < -0.39 is 15.9 Å². The first-order valence-electron chi connectivity index (χ1n) is 7.63. The van der Waals surface area contributed by atoms with Gasteiger partial charge >= 0.3 is 0 Å². The lowest BCUT2D eigenvalue weighted by Gasteiger charge is -2.26. The average molecular weight is 380 g/mol. The standard InChI is InChI=1S/C17H17FN2O3S2/c1-10-5-6-11(25(19,22)23)9-13(10)17(21)20-15-7-8-24-16-12(15)3-2-4-14(16)18/h2-6,9,15H,7-8H2,1H3,(H,20,21)(H2,19,22,23). The van der Waals surface area contributed by atoms with Crippen molar-refractivity contribution in [3.05, 3.63) is 58.9 Å². The van der Waals surface area contributed by atoms with E-state index in [9.17, 15) is 17.6 Å². The van der Waals surface area contributed by atoms with Crippen LogP contribution in [0.25, 0.3) is 0 Å². The largest absolute Gasteiger partial charge is 0.345 e. The third-order valence-corrected chi connectivity index (χ3v) is 6.18. The van der Waals surface area contributed by atoms with Gasteiger partial charge in [0.15, 0.2) is 0 Å². The molecule has 2 aromatic carbocycles. The highest BCUT2D eigenvalue weighted by atomic mass is 32.2. The smallest absolute Gasteiger partial charge is 0.252 e. The van der Waals surface area contributed by atoms with Crippen molar-refractivity contribution < 1.29 is 17.6 Å². The van der Waals surface area contributed by atoms with E-state index >= 15 is 0 Å². The molecule has 1 heterocycles. The molecule has 1 aliphatic heterocycles. The van der Waals surface area contributed by atoms with Crippen molar-refractivity contribution in [1.29, 1.82) is 0 Å². The number of primary sulfonamides is 1. The highest BCUT2D eigenvalue weighted by molar-refractivity contribution is 7.99. The van der Waals surface area contributed by atoms with E-state index in [1.807, 2.05) is 0 Å². The van der Waals surface area contributed by atoms with Gasteiger partial charge in [0.05, 0.1) is 10.9 Å². The summed E-state index contributed by atoms with van der Waals surface area (Å²) in [5.74, 6) is -0.0151. The van der Waals surface area contributed by atoms with Crippen molar-refractivity contribution in [2.24, 2.45) is 5.14 Å². The average Bonchev–Trinajstić information content (AvgIpc) is 2.55. The zero-order valence-electron chi connectivity index (χ0n) is 13.5. The number of hydrogen-bond donors (Lipinski definition) is 2. The number of sulfonamides is 1. The molecule has 5 nitrogen and oxygen atoms in total. The van der Waals surface area contributed by atoms with E-state index in [2.05, 4.69) is 5.32 Å². The second kappa shape index (κ2) is 6.78. The Morgan fingerprint density at radius 3 is 2.80 bits per heavy atom. The lowest BCUT2D eigenvalue weighted by Crippen LogP contribution is -2.31. The molecule has 1 unspecified atom stereocenters. The number of fused-ring (bicyclic) bond motifs is 1. The molecule has 1 aliphatic rings. The molecule has 0 fully saturated rings. The Morgan fingerprint density at radius 2 is 2.08 bits per heavy atom. The normalized spacial score (nSPS) is 17.0. The molecule has 2 aromatic rings. The quantitative estimate of drug-likeness (QED) is 0.857. The maximum absolute atomic E-state index is 13.9. The number of hydrogen-bond acceptors (Lipinski definition) is 4. The fourth-order valence-electron chi connectivity index (χ4n) is 2.80. The first kappa shape index (κ1) is 17.9. The number of benzene rings is 2. The molecule has 0 radical (unpaired) electrons. The number of carbonyl (C=O) groups is 1. The van der Waals surface area contributed by atoms with Gasteiger partial charge in [0.2, 0.25) is 10.0 Å². The Kier molecular flexibility index (Phi) is 4.86. The molecule has 25 heavy (non-hydrogen) atoms. The van der Waals surface area contributed by atoms with Crippen molar-refractivity contribution in [2.45, 2.75) is 29.2 Å². The number of nitrogens with one attached hydrogen (secondary N) is 1. The highest BCUT2D eigenvalue weighted by Crippen LogP contribution is 2.37. The van der Waals surface area contributed by atoms with Crippen molar-refractivity contribution in [3.8, 4) is 0 Å². The summed E-state index contributed by atoms with van der Waals surface area (Å²) in [4.78, 5) is 13.1. The van der Waals surface area contributed by atoms with Gasteiger partial charge in [-0.3, -0.25) is 4.79 Å². The maximum Gasteiger partial charge on any atom is 0.252 e. The highest BCUT2D eigenvalue weighted by Gasteiger charge is 2.25. The van der Waals surface area contributed by atoms with Gasteiger partial charge in [-0.25, -0.2) is 17.9 Å². The number of thioether (sulfide) groups is 1. The van der Waals surface area contributed by atoms with Gasteiger partial charge in [-0.1, -0.05) is 18.2 Å². The van der Waals surface area contributed by atoms with Gasteiger partial charge in [0, 0.05) is 16.2 Å². The molecule has 132 valence electrons. The Morgan fingerprint density at radius 1 is 1.32 bits per heavy atom. The van der Waals surface area contributed by atoms with Crippen molar-refractivity contribution in [3.63, 3.8) is 0 Å². The second-order valence-electron chi connectivity index (χ2n) is 5.84. The number of amides is 1. The molecule has 8 heteroatoms. The van der Waals surface area contributed by atoms with Crippen molar-refractivity contribution in [2.75, 3.05) is 5.75 Å². The van der Waals surface area contributed by atoms with Crippen molar-refractivity contribution >= 4 is 27.7 Å². The fraction of sp³-hybridized carbons (Fsp3) is 0.235. The van der Waals surface area contributed by atoms with Crippen LogP contribution < -0.4 is 10.5 Å². The zero-order chi connectivity index (χ0) is 18.2. The minimum Gasteiger partial charge on any atom is -0.345 e. The van der Waals surface area contributed by atoms with E-state index in [0.717, 1.165) is 5.56 Å². The summed E-state index contributed by atoms with van der Waals surface area (Å²) in [5.41, 5.74) is 1.61. The molecule has 0 aliphatic carbocycles. The molecule has 1 amide bonds. The minimum absolute atomic E-state index is 0.117. The van der Waals surface area contributed by atoms with E-state index in [1.54, 1.807) is 25.1 Å². The van der Waals surface area contributed by atoms with E-state index in [-0.39, 0.29) is 22.3 Å².